The van der Waals surface area contributed by atoms with Gasteiger partial charge < -0.3 is 15.2 Å². The van der Waals surface area contributed by atoms with Crippen LogP contribution in [0.25, 0.3) is 11.1 Å². The molecule has 0 atom stereocenters. The van der Waals surface area contributed by atoms with E-state index in [0.29, 0.717) is 16.8 Å². The minimum absolute atomic E-state index is 0.177. The van der Waals surface area contributed by atoms with E-state index in [0.717, 1.165) is 0 Å². The molecule has 0 saturated carbocycles. The lowest BCUT2D eigenvalue weighted by Gasteiger charge is -2.13. The van der Waals surface area contributed by atoms with E-state index in [2.05, 4.69) is 10.1 Å². The Balaban J connectivity index is 2.90. The number of aromatic nitrogens is 2. The Labute approximate surface area is 86.3 Å². The number of nitrogens with zero attached hydrogens (tertiary/aromatic N) is 1. The Morgan fingerprint density at radius 3 is 2.73 bits per heavy atom. The maximum atomic E-state index is 11.8. The van der Waals surface area contributed by atoms with Crippen LogP contribution in [0.15, 0.2) is 15.5 Å². The molecule has 80 valence electrons. The van der Waals surface area contributed by atoms with Gasteiger partial charge >= 0.3 is 0 Å². The molecular formula is C10H13N3O2. The minimum atomic E-state index is -0.244. The van der Waals surface area contributed by atoms with E-state index in [1.54, 1.807) is 0 Å². The number of H-pyrrole nitrogens is 1. The monoisotopic (exact) mass is 207 g/mol. The topological polar surface area (TPSA) is 84.9 Å². The molecule has 15 heavy (non-hydrogen) atoms. The molecule has 2 heterocycles. The molecule has 0 amide bonds. The van der Waals surface area contributed by atoms with Crippen molar-refractivity contribution in [1.82, 2.24) is 10.1 Å². The van der Waals surface area contributed by atoms with E-state index >= 15 is 0 Å². The molecule has 5 nitrogen and oxygen atoms in total. The van der Waals surface area contributed by atoms with Gasteiger partial charge in [-0.1, -0.05) is 25.9 Å². The molecule has 5 heteroatoms. The molecule has 2 rings (SSSR count). The number of nitrogen functional groups attached to an aromatic ring is 1. The molecule has 0 fully saturated rings. The van der Waals surface area contributed by atoms with E-state index in [1.165, 1.54) is 6.20 Å². The van der Waals surface area contributed by atoms with Crippen molar-refractivity contribution in [1.29, 1.82) is 0 Å². The number of anilines is 1. The van der Waals surface area contributed by atoms with Gasteiger partial charge in [-0.15, -0.1) is 0 Å². The van der Waals surface area contributed by atoms with Crippen LogP contribution in [0.5, 0.6) is 0 Å². The third kappa shape index (κ3) is 1.40. The molecule has 0 aliphatic carbocycles. The van der Waals surface area contributed by atoms with Crippen molar-refractivity contribution >= 4 is 16.8 Å². The predicted molar refractivity (Wildman–Crippen MR) is 57.7 cm³/mol. The Kier molecular flexibility index (Phi) is 1.86. The Morgan fingerprint density at radius 1 is 1.47 bits per heavy atom. The highest BCUT2D eigenvalue weighted by atomic mass is 16.5. The van der Waals surface area contributed by atoms with Crippen molar-refractivity contribution in [2.24, 2.45) is 0 Å². The number of nitrogens with one attached hydrogen (secondary N) is 1. The summed E-state index contributed by atoms with van der Waals surface area (Å²) in [7, 11) is 0. The van der Waals surface area contributed by atoms with Crippen molar-refractivity contribution in [3.8, 4) is 0 Å². The van der Waals surface area contributed by atoms with E-state index in [-0.39, 0.29) is 16.5 Å². The highest BCUT2D eigenvalue weighted by Gasteiger charge is 2.24. The Morgan fingerprint density at radius 2 is 2.13 bits per heavy atom. The smallest absolute Gasteiger partial charge is 0.240 e. The lowest BCUT2D eigenvalue weighted by atomic mass is 9.90. The van der Waals surface area contributed by atoms with Crippen LogP contribution in [-0.4, -0.2) is 10.1 Å². The second kappa shape index (κ2) is 2.85. The third-order valence-corrected chi connectivity index (χ3v) is 2.25. The van der Waals surface area contributed by atoms with Crippen LogP contribution in [0.2, 0.25) is 0 Å². The zero-order valence-electron chi connectivity index (χ0n) is 8.92. The summed E-state index contributed by atoms with van der Waals surface area (Å²) in [5, 5.41) is 4.35. The van der Waals surface area contributed by atoms with Gasteiger partial charge in [0.15, 0.2) is 0 Å². The van der Waals surface area contributed by atoms with Gasteiger partial charge in [0.25, 0.3) is 0 Å². The first-order valence-electron chi connectivity index (χ1n) is 4.68. The van der Waals surface area contributed by atoms with Crippen LogP contribution in [-0.2, 0) is 5.41 Å². The van der Waals surface area contributed by atoms with Crippen LogP contribution in [0, 0.1) is 0 Å². The van der Waals surface area contributed by atoms with Gasteiger partial charge in [-0.2, -0.15) is 0 Å². The molecule has 0 spiro atoms. The van der Waals surface area contributed by atoms with Crippen LogP contribution >= 0.6 is 0 Å². The SMILES string of the molecule is CC(C)(C)c1noc2[nH]cc(N)c(=O)c12. The second-order valence-corrected chi connectivity index (χ2v) is 4.56. The van der Waals surface area contributed by atoms with E-state index in [9.17, 15) is 4.79 Å². The van der Waals surface area contributed by atoms with Gasteiger partial charge in [0.2, 0.25) is 11.1 Å². The molecule has 2 aromatic heterocycles. The summed E-state index contributed by atoms with van der Waals surface area (Å²) in [4.78, 5) is 14.6. The van der Waals surface area contributed by atoms with Gasteiger partial charge in [-0.3, -0.25) is 4.79 Å². The number of hydrogen-bond donors (Lipinski definition) is 2. The van der Waals surface area contributed by atoms with Crippen molar-refractivity contribution in [3.05, 3.63) is 22.1 Å². The largest absolute Gasteiger partial charge is 0.394 e. The molecule has 3 N–H and O–H groups in total. The molecular weight excluding hydrogens is 194 g/mol. The fourth-order valence-corrected chi connectivity index (χ4v) is 1.46. The van der Waals surface area contributed by atoms with Crippen LogP contribution in [0.3, 0.4) is 0 Å². The predicted octanol–water partition coefficient (Wildman–Crippen LogP) is 1.40. The maximum absolute atomic E-state index is 11.8. The van der Waals surface area contributed by atoms with Crippen molar-refractivity contribution in [2.45, 2.75) is 26.2 Å². The standard InChI is InChI=1S/C10H13N3O2/c1-10(2,3)8-6-7(14)5(11)4-12-9(6)15-13-8/h4H,11H2,1-3H3,(H,12,14). The van der Waals surface area contributed by atoms with E-state index in [4.69, 9.17) is 10.3 Å². The normalized spacial score (nSPS) is 12.2. The van der Waals surface area contributed by atoms with Crippen LogP contribution < -0.4 is 11.2 Å². The molecule has 0 radical (unpaired) electrons. The molecule has 0 bridgehead atoms. The average molecular weight is 207 g/mol. The van der Waals surface area contributed by atoms with Gasteiger partial charge in [-0.05, 0) is 0 Å². The summed E-state index contributed by atoms with van der Waals surface area (Å²) < 4.78 is 5.05. The molecule has 0 unspecified atom stereocenters. The summed E-state index contributed by atoms with van der Waals surface area (Å²) >= 11 is 0. The van der Waals surface area contributed by atoms with Gasteiger partial charge in [0, 0.05) is 11.6 Å². The summed E-state index contributed by atoms with van der Waals surface area (Å²) in [6, 6.07) is 0. The zero-order valence-corrected chi connectivity index (χ0v) is 8.92. The van der Waals surface area contributed by atoms with Gasteiger partial charge in [-0.25, -0.2) is 0 Å². The Bertz CT molecular complexity index is 560. The molecule has 0 aliphatic heterocycles. The summed E-state index contributed by atoms with van der Waals surface area (Å²) in [5.41, 5.74) is 6.25. The lowest BCUT2D eigenvalue weighted by Crippen LogP contribution is -2.17. The highest BCUT2D eigenvalue weighted by molar-refractivity contribution is 5.79. The van der Waals surface area contributed by atoms with Gasteiger partial charge in [0.1, 0.15) is 11.1 Å². The highest BCUT2D eigenvalue weighted by Crippen LogP contribution is 2.26. The maximum Gasteiger partial charge on any atom is 0.240 e. The average Bonchev–Trinajstić information content (AvgIpc) is 2.54. The first kappa shape index (κ1) is 9.76. The summed E-state index contributed by atoms with van der Waals surface area (Å²) in [5.74, 6) is 0. The fraction of sp³-hybridized carbons (Fsp3) is 0.400. The number of fused-ring (bicyclic) bond motifs is 1. The molecule has 0 aliphatic rings. The van der Waals surface area contributed by atoms with E-state index < -0.39 is 0 Å². The summed E-state index contributed by atoms with van der Waals surface area (Å²) in [6.45, 7) is 5.90. The minimum Gasteiger partial charge on any atom is -0.394 e. The van der Waals surface area contributed by atoms with Crippen molar-refractivity contribution in [3.63, 3.8) is 0 Å². The van der Waals surface area contributed by atoms with E-state index in [1.807, 2.05) is 20.8 Å². The number of hydrogen-bond acceptors (Lipinski definition) is 4. The number of pyridine rings is 1. The summed E-state index contributed by atoms with van der Waals surface area (Å²) in [6.07, 6.45) is 1.42. The zero-order chi connectivity index (χ0) is 11.2. The molecule has 0 saturated heterocycles. The molecule has 0 aromatic carbocycles. The number of nitrogens with two attached hydrogens (primary N) is 1. The first-order valence-corrected chi connectivity index (χ1v) is 4.68. The first-order chi connectivity index (χ1) is 6.91. The quantitative estimate of drug-likeness (QED) is 0.683. The molecule has 2 aromatic rings. The van der Waals surface area contributed by atoms with Crippen molar-refractivity contribution in [2.75, 3.05) is 5.73 Å². The third-order valence-electron chi connectivity index (χ3n) is 2.25. The van der Waals surface area contributed by atoms with Gasteiger partial charge in [0.05, 0.1) is 5.69 Å². The second-order valence-electron chi connectivity index (χ2n) is 4.56. The van der Waals surface area contributed by atoms with Crippen LogP contribution in [0.4, 0.5) is 5.69 Å². The van der Waals surface area contributed by atoms with Crippen LogP contribution in [0.1, 0.15) is 26.5 Å². The Hall–Kier alpha value is -1.78. The lowest BCUT2D eigenvalue weighted by molar-refractivity contribution is 0.414. The fourth-order valence-electron chi connectivity index (χ4n) is 1.46. The van der Waals surface area contributed by atoms with Crippen molar-refractivity contribution < 1.29 is 4.52 Å². The number of rotatable bonds is 0. The number of aromatic amines is 1.